The van der Waals surface area contributed by atoms with E-state index >= 15 is 0 Å². The molecule has 0 atom stereocenters. The lowest BCUT2D eigenvalue weighted by Crippen LogP contribution is -2.16. The highest BCUT2D eigenvalue weighted by Crippen LogP contribution is 2.23. The van der Waals surface area contributed by atoms with Gasteiger partial charge in [-0.1, -0.05) is 5.21 Å². The van der Waals surface area contributed by atoms with E-state index in [0.29, 0.717) is 10.2 Å². The first-order valence-corrected chi connectivity index (χ1v) is 6.44. The lowest BCUT2D eigenvalue weighted by molar-refractivity contribution is 0.0516. The molecule has 0 aliphatic heterocycles. The zero-order valence-corrected chi connectivity index (χ0v) is 12.3. The Labute approximate surface area is 121 Å². The fourth-order valence-electron chi connectivity index (χ4n) is 1.44. The third-order valence-electron chi connectivity index (χ3n) is 2.32. The first kappa shape index (κ1) is 14.3. The summed E-state index contributed by atoms with van der Waals surface area (Å²) < 4.78 is 12.0. The van der Waals surface area contributed by atoms with Crippen molar-refractivity contribution in [2.75, 3.05) is 6.61 Å². The molecule has 0 saturated carbocycles. The first-order valence-electron chi connectivity index (χ1n) is 5.65. The molecule has 2 heterocycles. The maximum atomic E-state index is 11.6. The number of carbonyl (C=O) groups excluding carboxylic acids is 1. The second kappa shape index (κ2) is 5.87. The van der Waals surface area contributed by atoms with Gasteiger partial charge in [0.2, 0.25) is 5.69 Å². The summed E-state index contributed by atoms with van der Waals surface area (Å²) in [5.74, 6) is -0.246. The summed E-state index contributed by atoms with van der Waals surface area (Å²) in [5, 5.41) is 9.57. The van der Waals surface area contributed by atoms with Crippen molar-refractivity contribution in [1.29, 1.82) is 0 Å². The van der Waals surface area contributed by atoms with Gasteiger partial charge < -0.3 is 14.0 Å². The van der Waals surface area contributed by atoms with Crippen LogP contribution in [0, 0.1) is 0 Å². The summed E-state index contributed by atoms with van der Waals surface area (Å²) in [4.78, 5) is 23.2. The van der Waals surface area contributed by atoms with Gasteiger partial charge in [0.25, 0.3) is 11.4 Å². The van der Waals surface area contributed by atoms with Crippen LogP contribution in [-0.2, 0) is 11.8 Å². The molecule has 0 fully saturated rings. The first-order chi connectivity index (χ1) is 9.52. The Kier molecular flexibility index (Phi) is 4.18. The van der Waals surface area contributed by atoms with Gasteiger partial charge in [-0.15, -0.1) is 5.10 Å². The fourth-order valence-corrected chi connectivity index (χ4v) is 1.94. The van der Waals surface area contributed by atoms with Crippen molar-refractivity contribution in [2.45, 2.75) is 6.92 Å². The highest BCUT2D eigenvalue weighted by Gasteiger charge is 2.19. The van der Waals surface area contributed by atoms with Gasteiger partial charge in [-0.3, -0.25) is 4.79 Å². The molecule has 0 aliphatic carbocycles. The minimum absolute atomic E-state index is 0.0500. The molecule has 0 aromatic carbocycles. The minimum atomic E-state index is -0.639. The van der Waals surface area contributed by atoms with Crippen molar-refractivity contribution >= 4 is 21.9 Å². The number of nitrogens with zero attached hydrogens (tertiary/aromatic N) is 3. The molecule has 9 heteroatoms. The molecule has 2 aromatic rings. The van der Waals surface area contributed by atoms with Crippen molar-refractivity contribution in [3.05, 3.63) is 32.8 Å². The zero-order valence-electron chi connectivity index (χ0n) is 10.7. The number of carbonyl (C=O) groups is 1. The molecule has 106 valence electrons. The van der Waals surface area contributed by atoms with Gasteiger partial charge in [0, 0.05) is 19.3 Å². The molecular weight excluding hydrogens is 332 g/mol. The van der Waals surface area contributed by atoms with Gasteiger partial charge in [0.1, 0.15) is 5.75 Å². The van der Waals surface area contributed by atoms with Crippen LogP contribution in [0.3, 0.4) is 0 Å². The average molecular weight is 343 g/mol. The average Bonchev–Trinajstić information content (AvgIpc) is 2.84. The van der Waals surface area contributed by atoms with Gasteiger partial charge in [-0.25, -0.2) is 9.89 Å². The largest absolute Gasteiger partial charge is 0.461 e. The van der Waals surface area contributed by atoms with E-state index in [-0.39, 0.29) is 23.7 Å². The van der Waals surface area contributed by atoms with Crippen LogP contribution < -0.4 is 10.3 Å². The monoisotopic (exact) mass is 342 g/mol. The number of nitrogens with one attached hydrogen (secondary N) is 1. The van der Waals surface area contributed by atoms with Crippen molar-refractivity contribution in [3.63, 3.8) is 0 Å². The van der Waals surface area contributed by atoms with Crippen LogP contribution in [0.2, 0.25) is 0 Å². The third-order valence-corrected chi connectivity index (χ3v) is 2.89. The Morgan fingerprint density at radius 2 is 2.30 bits per heavy atom. The second-order valence-electron chi connectivity index (χ2n) is 3.75. The van der Waals surface area contributed by atoms with Gasteiger partial charge in [0.15, 0.2) is 0 Å². The van der Waals surface area contributed by atoms with E-state index in [1.807, 2.05) is 0 Å². The van der Waals surface area contributed by atoms with Crippen LogP contribution in [0.25, 0.3) is 0 Å². The number of rotatable bonds is 4. The van der Waals surface area contributed by atoms with E-state index in [2.05, 4.69) is 31.3 Å². The number of halogens is 1. The number of hydrogen-bond acceptors (Lipinski definition) is 6. The number of hydrogen-bond donors (Lipinski definition) is 1. The van der Waals surface area contributed by atoms with Crippen LogP contribution in [-0.4, -0.2) is 32.6 Å². The van der Waals surface area contributed by atoms with Gasteiger partial charge in [0.05, 0.1) is 11.1 Å². The Morgan fingerprint density at radius 1 is 1.55 bits per heavy atom. The molecule has 0 bridgehead atoms. The predicted octanol–water partition coefficient (Wildman–Crippen LogP) is 1.23. The number of esters is 1. The van der Waals surface area contributed by atoms with Crippen molar-refractivity contribution in [2.24, 2.45) is 7.05 Å². The van der Waals surface area contributed by atoms with Gasteiger partial charge >= 0.3 is 5.97 Å². The molecule has 0 amide bonds. The van der Waals surface area contributed by atoms with Crippen LogP contribution in [0.1, 0.15) is 17.4 Å². The third kappa shape index (κ3) is 2.87. The lowest BCUT2D eigenvalue weighted by Gasteiger charge is -2.06. The quantitative estimate of drug-likeness (QED) is 0.839. The Balaban J connectivity index is 2.29. The topological polar surface area (TPSA) is 99.1 Å². The van der Waals surface area contributed by atoms with E-state index in [1.54, 1.807) is 14.0 Å². The Morgan fingerprint density at radius 3 is 2.95 bits per heavy atom. The van der Waals surface area contributed by atoms with Crippen molar-refractivity contribution in [1.82, 2.24) is 20.0 Å². The van der Waals surface area contributed by atoms with E-state index in [0.717, 1.165) is 0 Å². The number of aromatic nitrogens is 4. The fraction of sp³-hybridized carbons (Fsp3) is 0.273. The maximum absolute atomic E-state index is 11.6. The molecular formula is C11H11BrN4O4. The number of pyridine rings is 1. The SMILES string of the molecule is CCOC(=O)c1nn[nH]c1Oc1cc(Br)c(=O)n(C)c1. The van der Waals surface area contributed by atoms with E-state index in [1.165, 1.54) is 16.8 Å². The van der Waals surface area contributed by atoms with Crippen molar-refractivity contribution < 1.29 is 14.3 Å². The molecule has 8 nitrogen and oxygen atoms in total. The smallest absolute Gasteiger partial charge is 0.364 e. The van der Waals surface area contributed by atoms with Gasteiger partial charge in [-0.2, -0.15) is 0 Å². The minimum Gasteiger partial charge on any atom is -0.461 e. The highest BCUT2D eigenvalue weighted by atomic mass is 79.9. The molecule has 1 N–H and O–H groups in total. The van der Waals surface area contributed by atoms with Crippen molar-refractivity contribution in [3.8, 4) is 11.6 Å². The molecule has 0 spiro atoms. The van der Waals surface area contributed by atoms with Crippen LogP contribution in [0.5, 0.6) is 11.6 Å². The molecule has 0 radical (unpaired) electrons. The zero-order chi connectivity index (χ0) is 14.7. The molecule has 0 unspecified atom stereocenters. The molecule has 2 rings (SSSR count). The van der Waals surface area contributed by atoms with Crippen LogP contribution in [0.4, 0.5) is 0 Å². The Hall–Kier alpha value is -2.16. The predicted molar refractivity (Wildman–Crippen MR) is 71.8 cm³/mol. The summed E-state index contributed by atoms with van der Waals surface area (Å²) in [6.07, 6.45) is 1.48. The molecule has 2 aromatic heterocycles. The highest BCUT2D eigenvalue weighted by molar-refractivity contribution is 9.10. The second-order valence-corrected chi connectivity index (χ2v) is 4.61. The van der Waals surface area contributed by atoms with E-state index in [9.17, 15) is 9.59 Å². The number of aryl methyl sites for hydroxylation is 1. The summed E-state index contributed by atoms with van der Waals surface area (Å²) >= 11 is 3.13. The summed E-state index contributed by atoms with van der Waals surface area (Å²) in [6, 6.07) is 1.48. The van der Waals surface area contributed by atoms with Gasteiger partial charge in [-0.05, 0) is 22.9 Å². The van der Waals surface area contributed by atoms with Crippen LogP contribution >= 0.6 is 15.9 Å². The summed E-state index contributed by atoms with van der Waals surface area (Å²) in [7, 11) is 1.58. The molecule has 0 saturated heterocycles. The number of ether oxygens (including phenoxy) is 2. The van der Waals surface area contributed by atoms with Crippen LogP contribution in [0.15, 0.2) is 21.5 Å². The standard InChI is InChI=1S/C11H11BrN4O4/c1-3-19-11(18)8-9(14-15-13-8)20-6-4-7(12)10(17)16(2)5-6/h4-5H,3H2,1-2H3,(H,13,14,15). The van der Waals surface area contributed by atoms with E-state index in [4.69, 9.17) is 9.47 Å². The normalized spacial score (nSPS) is 10.3. The molecule has 20 heavy (non-hydrogen) atoms. The summed E-state index contributed by atoms with van der Waals surface area (Å²) in [5.41, 5.74) is -0.262. The molecule has 0 aliphatic rings. The Bertz CT molecular complexity index is 668. The number of aromatic amines is 1. The maximum Gasteiger partial charge on any atom is 0.364 e. The lowest BCUT2D eigenvalue weighted by atomic mass is 10.4. The summed E-state index contributed by atoms with van der Waals surface area (Å²) in [6.45, 7) is 1.90. The van der Waals surface area contributed by atoms with E-state index < -0.39 is 5.97 Å². The number of H-pyrrole nitrogens is 1.